The van der Waals surface area contributed by atoms with E-state index in [1.807, 2.05) is 18.2 Å². The average molecular weight is 336 g/mol. The van der Waals surface area contributed by atoms with Gasteiger partial charge in [0.1, 0.15) is 5.75 Å². The Bertz CT molecular complexity index is 480. The molecule has 2 N–H and O–H groups in total. The van der Waals surface area contributed by atoms with E-state index in [2.05, 4.69) is 33.6 Å². The summed E-state index contributed by atoms with van der Waals surface area (Å²) in [6, 6.07) is 8.09. The Morgan fingerprint density at radius 3 is 2.58 bits per heavy atom. The van der Waals surface area contributed by atoms with Crippen LogP contribution in [0.25, 0.3) is 0 Å². The van der Waals surface area contributed by atoms with Crippen LogP contribution in [-0.2, 0) is 11.2 Å². The van der Waals surface area contributed by atoms with Crippen LogP contribution in [0.15, 0.2) is 29.3 Å². The minimum Gasteiger partial charge on any atom is -0.496 e. The third-order valence-corrected chi connectivity index (χ3v) is 3.78. The van der Waals surface area contributed by atoms with Gasteiger partial charge in [0.05, 0.1) is 7.11 Å². The quantitative estimate of drug-likeness (QED) is 0.363. The summed E-state index contributed by atoms with van der Waals surface area (Å²) < 4.78 is 10.4. The van der Waals surface area contributed by atoms with Crippen LogP contribution >= 0.6 is 0 Å². The molecule has 0 amide bonds. The molecule has 0 saturated carbocycles. The fourth-order valence-electron chi connectivity index (χ4n) is 2.40. The number of nitrogens with zero attached hydrogens (tertiary/aromatic N) is 2. The summed E-state index contributed by atoms with van der Waals surface area (Å²) >= 11 is 0. The molecule has 136 valence electrons. The Labute approximate surface area is 146 Å². The number of ether oxygens (including phenoxy) is 2. The molecule has 0 heterocycles. The van der Waals surface area contributed by atoms with Gasteiger partial charge in [-0.15, -0.1) is 0 Å². The molecule has 1 rings (SSSR count). The molecule has 0 aromatic heterocycles. The predicted octanol–water partition coefficient (Wildman–Crippen LogP) is 1.37. The molecule has 24 heavy (non-hydrogen) atoms. The van der Waals surface area contributed by atoms with Gasteiger partial charge in [-0.2, -0.15) is 0 Å². The fourth-order valence-corrected chi connectivity index (χ4v) is 2.40. The molecule has 0 bridgehead atoms. The van der Waals surface area contributed by atoms with Gasteiger partial charge in [0.25, 0.3) is 0 Å². The Balaban J connectivity index is 2.23. The standard InChI is InChI=1S/C18H32N4O2/c1-19-18(21-12-14-22(2)13-7-15-23-3)20-11-10-16-8-5-6-9-17(16)24-4/h5-6,8-9H,7,10-15H2,1-4H3,(H2,19,20,21). The van der Waals surface area contributed by atoms with Gasteiger partial charge in [-0.05, 0) is 31.5 Å². The lowest BCUT2D eigenvalue weighted by Crippen LogP contribution is -2.41. The minimum absolute atomic E-state index is 0.809. The highest BCUT2D eigenvalue weighted by molar-refractivity contribution is 5.79. The van der Waals surface area contributed by atoms with Crippen LogP contribution in [0.2, 0.25) is 0 Å². The van der Waals surface area contributed by atoms with E-state index in [0.29, 0.717) is 0 Å². The highest BCUT2D eigenvalue weighted by Crippen LogP contribution is 2.17. The average Bonchev–Trinajstić information content (AvgIpc) is 2.61. The summed E-state index contributed by atoms with van der Waals surface area (Å²) in [5, 5.41) is 6.68. The van der Waals surface area contributed by atoms with Crippen LogP contribution < -0.4 is 15.4 Å². The fraction of sp³-hybridized carbons (Fsp3) is 0.611. The van der Waals surface area contributed by atoms with E-state index in [0.717, 1.165) is 57.3 Å². The first-order valence-electron chi connectivity index (χ1n) is 8.45. The highest BCUT2D eigenvalue weighted by atomic mass is 16.5. The molecule has 1 aromatic carbocycles. The lowest BCUT2D eigenvalue weighted by atomic mass is 10.1. The highest BCUT2D eigenvalue weighted by Gasteiger charge is 2.03. The van der Waals surface area contributed by atoms with Gasteiger partial charge in [0.15, 0.2) is 5.96 Å². The SMILES string of the molecule is CN=C(NCCc1ccccc1OC)NCCN(C)CCCOC. The van der Waals surface area contributed by atoms with Gasteiger partial charge in [-0.1, -0.05) is 18.2 Å². The zero-order chi connectivity index (χ0) is 17.6. The number of aliphatic imine (C=N–C) groups is 1. The Morgan fingerprint density at radius 2 is 1.88 bits per heavy atom. The summed E-state index contributed by atoms with van der Waals surface area (Å²) in [5.74, 6) is 1.76. The second kappa shape index (κ2) is 12.6. The molecule has 0 radical (unpaired) electrons. The summed E-state index contributed by atoms with van der Waals surface area (Å²) in [4.78, 5) is 6.54. The van der Waals surface area contributed by atoms with Crippen LogP contribution in [0.4, 0.5) is 0 Å². The second-order valence-corrected chi connectivity index (χ2v) is 5.64. The first-order chi connectivity index (χ1) is 11.7. The molecule has 0 fully saturated rings. The van der Waals surface area contributed by atoms with Gasteiger partial charge in [-0.3, -0.25) is 4.99 Å². The molecular weight excluding hydrogens is 304 g/mol. The molecule has 0 spiro atoms. The van der Waals surface area contributed by atoms with Crippen molar-refractivity contribution >= 4 is 5.96 Å². The number of benzene rings is 1. The number of rotatable bonds is 11. The number of hydrogen-bond acceptors (Lipinski definition) is 4. The molecule has 0 aliphatic heterocycles. The van der Waals surface area contributed by atoms with Crippen molar-refractivity contribution in [3.63, 3.8) is 0 Å². The van der Waals surface area contributed by atoms with E-state index in [4.69, 9.17) is 9.47 Å². The Morgan fingerprint density at radius 1 is 1.12 bits per heavy atom. The molecule has 0 aliphatic carbocycles. The van der Waals surface area contributed by atoms with Gasteiger partial charge >= 0.3 is 0 Å². The molecule has 0 saturated heterocycles. The Hall–Kier alpha value is -1.79. The zero-order valence-corrected chi connectivity index (χ0v) is 15.5. The summed E-state index contributed by atoms with van der Waals surface area (Å²) in [6.07, 6.45) is 1.94. The number of hydrogen-bond donors (Lipinski definition) is 2. The van der Waals surface area contributed by atoms with Crippen molar-refractivity contribution in [1.82, 2.24) is 15.5 Å². The second-order valence-electron chi connectivity index (χ2n) is 5.64. The van der Waals surface area contributed by atoms with Gasteiger partial charge in [-0.25, -0.2) is 0 Å². The van der Waals surface area contributed by atoms with E-state index in [-0.39, 0.29) is 0 Å². The molecule has 0 atom stereocenters. The third kappa shape index (κ3) is 8.17. The van der Waals surface area contributed by atoms with Crippen LogP contribution in [0.3, 0.4) is 0 Å². The lowest BCUT2D eigenvalue weighted by Gasteiger charge is -2.18. The van der Waals surface area contributed by atoms with E-state index in [1.165, 1.54) is 5.56 Å². The first kappa shape index (κ1) is 20.3. The molecule has 0 aliphatic rings. The van der Waals surface area contributed by atoms with Crippen molar-refractivity contribution in [2.24, 2.45) is 4.99 Å². The van der Waals surface area contributed by atoms with Crippen molar-refractivity contribution < 1.29 is 9.47 Å². The van der Waals surface area contributed by atoms with E-state index >= 15 is 0 Å². The van der Waals surface area contributed by atoms with E-state index < -0.39 is 0 Å². The molecule has 0 unspecified atom stereocenters. The van der Waals surface area contributed by atoms with E-state index in [1.54, 1.807) is 21.3 Å². The maximum Gasteiger partial charge on any atom is 0.191 e. The molecule has 6 nitrogen and oxygen atoms in total. The van der Waals surface area contributed by atoms with Gasteiger partial charge in [0.2, 0.25) is 0 Å². The van der Waals surface area contributed by atoms with Crippen LogP contribution in [0, 0.1) is 0 Å². The van der Waals surface area contributed by atoms with Crippen molar-refractivity contribution in [2.75, 3.05) is 61.1 Å². The topological polar surface area (TPSA) is 58.1 Å². The number of nitrogens with one attached hydrogen (secondary N) is 2. The van der Waals surface area contributed by atoms with Crippen molar-refractivity contribution in [3.8, 4) is 5.75 Å². The van der Waals surface area contributed by atoms with Crippen LogP contribution in [0.1, 0.15) is 12.0 Å². The van der Waals surface area contributed by atoms with Gasteiger partial charge in [0, 0.05) is 46.9 Å². The first-order valence-corrected chi connectivity index (χ1v) is 8.45. The normalized spacial score (nSPS) is 11.6. The van der Waals surface area contributed by atoms with Crippen molar-refractivity contribution in [1.29, 1.82) is 0 Å². The maximum atomic E-state index is 5.37. The lowest BCUT2D eigenvalue weighted by molar-refractivity contribution is 0.180. The predicted molar refractivity (Wildman–Crippen MR) is 100 cm³/mol. The summed E-state index contributed by atoms with van der Waals surface area (Å²) in [6.45, 7) is 4.48. The molecule has 6 heteroatoms. The summed E-state index contributed by atoms with van der Waals surface area (Å²) in [5.41, 5.74) is 1.20. The van der Waals surface area contributed by atoms with E-state index in [9.17, 15) is 0 Å². The minimum atomic E-state index is 0.809. The molecule has 1 aromatic rings. The maximum absolute atomic E-state index is 5.37. The van der Waals surface area contributed by atoms with Crippen molar-refractivity contribution in [3.05, 3.63) is 29.8 Å². The zero-order valence-electron chi connectivity index (χ0n) is 15.5. The molecular formula is C18H32N4O2. The van der Waals surface area contributed by atoms with Crippen molar-refractivity contribution in [2.45, 2.75) is 12.8 Å². The third-order valence-electron chi connectivity index (χ3n) is 3.78. The largest absolute Gasteiger partial charge is 0.496 e. The number of para-hydroxylation sites is 1. The smallest absolute Gasteiger partial charge is 0.191 e. The number of likely N-dealkylation sites (N-methyl/N-ethyl adjacent to an activating group) is 1. The van der Waals surface area contributed by atoms with Crippen LogP contribution in [0.5, 0.6) is 5.75 Å². The Kier molecular flexibility index (Phi) is 10.6. The number of methoxy groups -OCH3 is 2. The van der Waals surface area contributed by atoms with Crippen LogP contribution in [-0.4, -0.2) is 72.0 Å². The van der Waals surface area contributed by atoms with Gasteiger partial charge < -0.3 is 25.0 Å². The monoisotopic (exact) mass is 336 g/mol. The number of guanidine groups is 1. The summed E-state index contributed by atoms with van der Waals surface area (Å²) in [7, 11) is 7.36.